The Morgan fingerprint density at radius 2 is 1.72 bits per heavy atom. The van der Waals surface area contributed by atoms with E-state index in [-0.39, 0.29) is 10.6 Å². The van der Waals surface area contributed by atoms with Crippen molar-refractivity contribution in [1.82, 2.24) is 0 Å². The molecule has 1 heterocycles. The van der Waals surface area contributed by atoms with Gasteiger partial charge >= 0.3 is 5.97 Å². The molecule has 1 aliphatic heterocycles. The van der Waals surface area contributed by atoms with Gasteiger partial charge in [0.1, 0.15) is 19.8 Å². The number of aryl methyl sites for hydroxylation is 1. The average molecular weight is 363 g/mol. The van der Waals surface area contributed by atoms with Gasteiger partial charge in [0.05, 0.1) is 10.6 Å². The van der Waals surface area contributed by atoms with Crippen LogP contribution in [0.1, 0.15) is 5.56 Å². The van der Waals surface area contributed by atoms with E-state index in [0.29, 0.717) is 24.7 Å². The van der Waals surface area contributed by atoms with Crippen LogP contribution in [0.25, 0.3) is 0 Å². The van der Waals surface area contributed by atoms with Crippen molar-refractivity contribution in [3.63, 3.8) is 0 Å². The molecule has 0 saturated carbocycles. The van der Waals surface area contributed by atoms with Crippen LogP contribution in [0, 0.1) is 6.92 Å². The fourth-order valence-corrected chi connectivity index (χ4v) is 3.87. The highest BCUT2D eigenvalue weighted by molar-refractivity contribution is 7.92. The van der Waals surface area contributed by atoms with E-state index >= 15 is 0 Å². The van der Waals surface area contributed by atoms with E-state index in [1.807, 2.05) is 6.92 Å². The second-order valence-electron chi connectivity index (χ2n) is 5.55. The highest BCUT2D eigenvalue weighted by Crippen LogP contribution is 2.35. The van der Waals surface area contributed by atoms with Gasteiger partial charge in [-0.3, -0.25) is 9.10 Å². The summed E-state index contributed by atoms with van der Waals surface area (Å²) in [6.45, 7) is 1.90. The molecule has 132 valence electrons. The number of rotatable bonds is 5. The van der Waals surface area contributed by atoms with Crippen LogP contribution in [0.2, 0.25) is 0 Å². The highest BCUT2D eigenvalue weighted by atomic mass is 32.2. The van der Waals surface area contributed by atoms with Gasteiger partial charge in [-0.1, -0.05) is 17.7 Å². The van der Waals surface area contributed by atoms with E-state index in [0.717, 1.165) is 9.87 Å². The molecule has 0 saturated heterocycles. The van der Waals surface area contributed by atoms with Crippen molar-refractivity contribution in [2.45, 2.75) is 11.8 Å². The Morgan fingerprint density at radius 1 is 1.08 bits per heavy atom. The van der Waals surface area contributed by atoms with E-state index < -0.39 is 22.5 Å². The second-order valence-corrected chi connectivity index (χ2v) is 7.41. The first-order valence-electron chi connectivity index (χ1n) is 7.59. The Morgan fingerprint density at radius 3 is 2.36 bits per heavy atom. The van der Waals surface area contributed by atoms with Crippen LogP contribution in [-0.2, 0) is 14.8 Å². The van der Waals surface area contributed by atoms with Gasteiger partial charge in [-0.25, -0.2) is 8.42 Å². The standard InChI is InChI=1S/C17H17NO6S/c1-12-2-5-14(6-3-12)25(21,22)18(11-17(19)20)13-4-7-15-16(10-13)24-9-8-23-15/h2-7,10H,8-9,11H2,1H3,(H,19,20). The number of benzene rings is 2. The van der Waals surface area contributed by atoms with Gasteiger partial charge in [0.25, 0.3) is 10.0 Å². The molecular weight excluding hydrogens is 346 g/mol. The summed E-state index contributed by atoms with van der Waals surface area (Å²) in [5.74, 6) is -0.373. The fraction of sp³-hybridized carbons (Fsp3) is 0.235. The van der Waals surface area contributed by atoms with Gasteiger partial charge in [0.2, 0.25) is 0 Å². The van der Waals surface area contributed by atoms with Crippen LogP contribution >= 0.6 is 0 Å². The summed E-state index contributed by atoms with van der Waals surface area (Å²) >= 11 is 0. The molecule has 0 atom stereocenters. The summed E-state index contributed by atoms with van der Waals surface area (Å²) in [7, 11) is -4.04. The Hall–Kier alpha value is -2.74. The molecule has 0 aromatic heterocycles. The molecule has 7 nitrogen and oxygen atoms in total. The van der Waals surface area contributed by atoms with Crippen LogP contribution in [-0.4, -0.2) is 39.3 Å². The third-order valence-corrected chi connectivity index (χ3v) is 5.49. The average Bonchev–Trinajstić information content (AvgIpc) is 2.59. The van der Waals surface area contributed by atoms with Gasteiger partial charge in [-0.05, 0) is 31.2 Å². The topological polar surface area (TPSA) is 93.1 Å². The van der Waals surface area contributed by atoms with Gasteiger partial charge in [-0.15, -0.1) is 0 Å². The number of aliphatic carboxylic acids is 1. The van der Waals surface area contributed by atoms with Gasteiger partial charge in [0, 0.05) is 6.07 Å². The number of ether oxygens (including phenoxy) is 2. The van der Waals surface area contributed by atoms with Crippen LogP contribution in [0.3, 0.4) is 0 Å². The van der Waals surface area contributed by atoms with Crippen LogP contribution in [0.5, 0.6) is 11.5 Å². The van der Waals surface area contributed by atoms with E-state index in [9.17, 15) is 18.3 Å². The zero-order valence-corrected chi connectivity index (χ0v) is 14.3. The fourth-order valence-electron chi connectivity index (χ4n) is 2.46. The molecule has 1 aliphatic rings. The molecule has 0 amide bonds. The van der Waals surface area contributed by atoms with Crippen molar-refractivity contribution in [3.8, 4) is 11.5 Å². The maximum absolute atomic E-state index is 12.9. The molecule has 0 bridgehead atoms. The first-order valence-corrected chi connectivity index (χ1v) is 9.03. The normalized spacial score (nSPS) is 13.3. The maximum Gasteiger partial charge on any atom is 0.324 e. The Balaban J connectivity index is 2.05. The lowest BCUT2D eigenvalue weighted by Gasteiger charge is -2.25. The van der Waals surface area contributed by atoms with Crippen molar-refractivity contribution in [1.29, 1.82) is 0 Å². The van der Waals surface area contributed by atoms with Crippen molar-refractivity contribution in [2.24, 2.45) is 0 Å². The number of carboxylic acids is 1. The molecule has 0 unspecified atom stereocenters. The van der Waals surface area contributed by atoms with E-state index in [2.05, 4.69) is 0 Å². The molecule has 8 heteroatoms. The molecule has 0 fully saturated rings. The second kappa shape index (κ2) is 6.64. The maximum atomic E-state index is 12.9. The van der Waals surface area contributed by atoms with Crippen molar-refractivity contribution in [2.75, 3.05) is 24.1 Å². The number of sulfonamides is 1. The summed E-state index contributed by atoms with van der Waals surface area (Å²) in [6, 6.07) is 10.8. The van der Waals surface area contributed by atoms with Crippen molar-refractivity contribution < 1.29 is 27.8 Å². The van der Waals surface area contributed by atoms with E-state index in [4.69, 9.17) is 9.47 Å². The van der Waals surface area contributed by atoms with Crippen molar-refractivity contribution in [3.05, 3.63) is 48.0 Å². The van der Waals surface area contributed by atoms with Gasteiger partial charge in [-0.2, -0.15) is 0 Å². The number of anilines is 1. The number of fused-ring (bicyclic) bond motifs is 1. The molecule has 2 aromatic rings. The molecule has 0 aliphatic carbocycles. The number of hydrogen-bond donors (Lipinski definition) is 1. The summed E-state index contributed by atoms with van der Waals surface area (Å²) < 4.78 is 37.6. The van der Waals surface area contributed by atoms with E-state index in [1.165, 1.54) is 24.3 Å². The summed E-state index contributed by atoms with van der Waals surface area (Å²) in [4.78, 5) is 11.3. The minimum Gasteiger partial charge on any atom is -0.486 e. The number of carboxylic acid groups (broad SMARTS) is 1. The lowest BCUT2D eigenvalue weighted by Crippen LogP contribution is -2.35. The molecule has 3 rings (SSSR count). The zero-order chi connectivity index (χ0) is 18.0. The predicted octanol–water partition coefficient (Wildman–Crippen LogP) is 2.05. The first kappa shape index (κ1) is 17.1. The third-order valence-electron chi connectivity index (χ3n) is 3.70. The Labute approximate surface area is 145 Å². The van der Waals surface area contributed by atoms with Crippen LogP contribution < -0.4 is 13.8 Å². The van der Waals surface area contributed by atoms with E-state index in [1.54, 1.807) is 18.2 Å². The molecule has 25 heavy (non-hydrogen) atoms. The van der Waals surface area contributed by atoms with Crippen LogP contribution in [0.15, 0.2) is 47.4 Å². The summed E-state index contributed by atoms with van der Waals surface area (Å²) in [5, 5.41) is 9.18. The first-order chi connectivity index (χ1) is 11.9. The predicted molar refractivity (Wildman–Crippen MR) is 90.8 cm³/mol. The molecular formula is C17H17NO6S. The van der Waals surface area contributed by atoms with Crippen LogP contribution in [0.4, 0.5) is 5.69 Å². The smallest absolute Gasteiger partial charge is 0.324 e. The lowest BCUT2D eigenvalue weighted by atomic mass is 10.2. The Bertz CT molecular complexity index is 892. The number of carbonyl (C=O) groups is 1. The zero-order valence-electron chi connectivity index (χ0n) is 13.5. The Kier molecular flexibility index (Phi) is 4.54. The SMILES string of the molecule is Cc1ccc(S(=O)(=O)N(CC(=O)O)c2ccc3c(c2)OCCO3)cc1. The lowest BCUT2D eigenvalue weighted by molar-refractivity contribution is -0.135. The minimum atomic E-state index is -4.04. The molecule has 1 N–H and O–H groups in total. The number of hydrogen-bond acceptors (Lipinski definition) is 5. The minimum absolute atomic E-state index is 0.0224. The van der Waals surface area contributed by atoms with Gasteiger partial charge < -0.3 is 14.6 Å². The molecule has 0 radical (unpaired) electrons. The summed E-state index contributed by atoms with van der Waals surface area (Å²) in [6.07, 6.45) is 0. The monoisotopic (exact) mass is 363 g/mol. The highest BCUT2D eigenvalue weighted by Gasteiger charge is 2.28. The van der Waals surface area contributed by atoms with Gasteiger partial charge in [0.15, 0.2) is 11.5 Å². The van der Waals surface area contributed by atoms with Crippen molar-refractivity contribution >= 4 is 21.7 Å². The molecule has 2 aromatic carbocycles. The number of nitrogens with zero attached hydrogens (tertiary/aromatic N) is 1. The molecule has 0 spiro atoms. The largest absolute Gasteiger partial charge is 0.486 e. The third kappa shape index (κ3) is 3.53. The summed E-state index contributed by atoms with van der Waals surface area (Å²) in [5.41, 5.74) is 1.11. The quantitative estimate of drug-likeness (QED) is 0.874.